The fraction of sp³-hybridized carbons (Fsp3) is 0.577. The van der Waals surface area contributed by atoms with Gasteiger partial charge < -0.3 is 9.72 Å². The van der Waals surface area contributed by atoms with Crippen molar-refractivity contribution >= 4 is 16.9 Å². The number of esters is 1. The Morgan fingerprint density at radius 1 is 1.23 bits per heavy atom. The Morgan fingerprint density at radius 2 is 1.97 bits per heavy atom. The standard InChI is InChI=1S/C26H36N6O3/c1-6-35-23(33)15-32-25(28-29-30-32)24(16(2)3)31(20-9-7-8-10-20)14-19-13-21-18(5)11-17(4)12-22(21)27-26(19)34/h11-13,16,20,24H,6-10,14-15H2,1-5H3,(H,27,34)/t24-/m1/s1. The van der Waals surface area contributed by atoms with E-state index in [-0.39, 0.29) is 30.0 Å². The third-order valence-electron chi connectivity index (χ3n) is 6.93. The Labute approximate surface area is 205 Å². The van der Waals surface area contributed by atoms with E-state index in [0.717, 1.165) is 53.3 Å². The molecule has 35 heavy (non-hydrogen) atoms. The number of fused-ring (bicyclic) bond motifs is 1. The molecule has 2 aromatic heterocycles. The molecule has 0 saturated heterocycles. The van der Waals surface area contributed by atoms with Gasteiger partial charge in [-0.3, -0.25) is 14.5 Å². The van der Waals surface area contributed by atoms with Gasteiger partial charge >= 0.3 is 5.97 Å². The van der Waals surface area contributed by atoms with Crippen molar-refractivity contribution in [2.75, 3.05) is 6.61 Å². The minimum absolute atomic E-state index is 0.0347. The monoisotopic (exact) mass is 480 g/mol. The van der Waals surface area contributed by atoms with Crippen molar-refractivity contribution < 1.29 is 9.53 Å². The van der Waals surface area contributed by atoms with E-state index in [9.17, 15) is 9.59 Å². The molecule has 0 spiro atoms. The smallest absolute Gasteiger partial charge is 0.327 e. The number of carbonyl (C=O) groups excluding carboxylic acids is 1. The van der Waals surface area contributed by atoms with Crippen LogP contribution in [0.15, 0.2) is 23.0 Å². The Bertz CT molecular complexity index is 1240. The Balaban J connectivity index is 1.74. The molecule has 1 saturated carbocycles. The molecule has 0 radical (unpaired) electrons. The van der Waals surface area contributed by atoms with E-state index >= 15 is 0 Å². The maximum absolute atomic E-state index is 13.2. The number of pyridine rings is 1. The van der Waals surface area contributed by atoms with Crippen LogP contribution in [-0.4, -0.2) is 48.7 Å². The number of rotatable bonds is 9. The highest BCUT2D eigenvalue weighted by Gasteiger charge is 2.35. The van der Waals surface area contributed by atoms with Gasteiger partial charge in [0.15, 0.2) is 5.82 Å². The number of carbonyl (C=O) groups is 1. The van der Waals surface area contributed by atoms with Crippen molar-refractivity contribution in [1.29, 1.82) is 0 Å². The Morgan fingerprint density at radius 3 is 2.66 bits per heavy atom. The van der Waals surface area contributed by atoms with Crippen LogP contribution < -0.4 is 5.56 Å². The molecule has 4 rings (SSSR count). The lowest BCUT2D eigenvalue weighted by molar-refractivity contribution is -0.144. The fourth-order valence-corrected chi connectivity index (χ4v) is 5.42. The van der Waals surface area contributed by atoms with Gasteiger partial charge in [0.05, 0.1) is 12.6 Å². The lowest BCUT2D eigenvalue weighted by Gasteiger charge is -2.37. The summed E-state index contributed by atoms with van der Waals surface area (Å²) in [4.78, 5) is 30.9. The largest absolute Gasteiger partial charge is 0.465 e. The number of hydrogen-bond acceptors (Lipinski definition) is 7. The summed E-state index contributed by atoms with van der Waals surface area (Å²) in [5.41, 5.74) is 3.79. The van der Waals surface area contributed by atoms with E-state index < -0.39 is 0 Å². The van der Waals surface area contributed by atoms with Crippen LogP contribution in [0, 0.1) is 19.8 Å². The van der Waals surface area contributed by atoms with Crippen LogP contribution in [0.25, 0.3) is 10.9 Å². The highest BCUT2D eigenvalue weighted by molar-refractivity contribution is 5.83. The van der Waals surface area contributed by atoms with Crippen molar-refractivity contribution in [2.24, 2.45) is 5.92 Å². The van der Waals surface area contributed by atoms with Crippen LogP contribution in [0.5, 0.6) is 0 Å². The molecule has 1 aliphatic rings. The van der Waals surface area contributed by atoms with Gasteiger partial charge in [-0.2, -0.15) is 0 Å². The first-order valence-corrected chi connectivity index (χ1v) is 12.6. The van der Waals surface area contributed by atoms with Gasteiger partial charge in [-0.05, 0) is 73.2 Å². The summed E-state index contributed by atoms with van der Waals surface area (Å²) >= 11 is 0. The molecule has 1 fully saturated rings. The van der Waals surface area contributed by atoms with Gasteiger partial charge in [-0.25, -0.2) is 4.68 Å². The van der Waals surface area contributed by atoms with Crippen molar-refractivity contribution in [3.63, 3.8) is 0 Å². The van der Waals surface area contributed by atoms with Gasteiger partial charge in [0.2, 0.25) is 0 Å². The van der Waals surface area contributed by atoms with Gasteiger partial charge in [0.1, 0.15) is 6.54 Å². The number of nitrogens with zero attached hydrogens (tertiary/aromatic N) is 5. The zero-order chi connectivity index (χ0) is 25.1. The molecule has 1 aliphatic carbocycles. The number of aromatic amines is 1. The van der Waals surface area contributed by atoms with E-state index in [4.69, 9.17) is 4.74 Å². The molecule has 2 heterocycles. The Hall–Kier alpha value is -3.07. The zero-order valence-corrected chi connectivity index (χ0v) is 21.4. The third-order valence-corrected chi connectivity index (χ3v) is 6.93. The summed E-state index contributed by atoms with van der Waals surface area (Å²) < 4.78 is 6.67. The van der Waals surface area contributed by atoms with E-state index in [1.54, 1.807) is 11.6 Å². The third kappa shape index (κ3) is 5.45. The molecular weight excluding hydrogens is 444 g/mol. The van der Waals surface area contributed by atoms with Crippen molar-refractivity contribution in [3.05, 3.63) is 51.1 Å². The lowest BCUT2D eigenvalue weighted by Crippen LogP contribution is -2.41. The molecule has 9 nitrogen and oxygen atoms in total. The summed E-state index contributed by atoms with van der Waals surface area (Å²) in [6, 6.07) is 6.34. The van der Waals surface area contributed by atoms with E-state index in [1.165, 1.54) is 0 Å². The summed E-state index contributed by atoms with van der Waals surface area (Å²) in [6.07, 6.45) is 4.44. The Kier molecular flexibility index (Phi) is 7.64. The number of H-pyrrole nitrogens is 1. The zero-order valence-electron chi connectivity index (χ0n) is 21.4. The van der Waals surface area contributed by atoms with Crippen LogP contribution in [0.4, 0.5) is 0 Å². The molecule has 1 aromatic carbocycles. The topological polar surface area (TPSA) is 106 Å². The predicted molar refractivity (Wildman–Crippen MR) is 134 cm³/mol. The lowest BCUT2D eigenvalue weighted by atomic mass is 9.97. The predicted octanol–water partition coefficient (Wildman–Crippen LogP) is 3.84. The van der Waals surface area contributed by atoms with E-state index in [1.807, 2.05) is 19.1 Å². The quantitative estimate of drug-likeness (QED) is 0.464. The van der Waals surface area contributed by atoms with Gasteiger partial charge in [0.25, 0.3) is 5.56 Å². The molecule has 0 bridgehead atoms. The van der Waals surface area contributed by atoms with Crippen molar-refractivity contribution in [1.82, 2.24) is 30.1 Å². The van der Waals surface area contributed by atoms with Gasteiger partial charge in [-0.15, -0.1) is 5.10 Å². The maximum Gasteiger partial charge on any atom is 0.327 e. The van der Waals surface area contributed by atoms with Crippen LogP contribution in [0.1, 0.15) is 75.0 Å². The second-order valence-electron chi connectivity index (χ2n) is 9.97. The van der Waals surface area contributed by atoms with E-state index in [2.05, 4.69) is 52.2 Å². The first kappa shape index (κ1) is 25.0. The van der Waals surface area contributed by atoms with Crippen molar-refractivity contribution in [2.45, 2.75) is 85.5 Å². The maximum atomic E-state index is 13.2. The van der Waals surface area contributed by atoms with Crippen LogP contribution in [-0.2, 0) is 22.6 Å². The number of tetrazole rings is 1. The first-order chi connectivity index (χ1) is 16.8. The number of nitrogens with one attached hydrogen (secondary N) is 1. The van der Waals surface area contributed by atoms with Crippen LogP contribution in [0.3, 0.4) is 0 Å². The average molecular weight is 481 g/mol. The molecule has 1 atom stereocenters. The highest BCUT2D eigenvalue weighted by Crippen LogP contribution is 2.36. The summed E-state index contributed by atoms with van der Waals surface area (Å²) in [5.74, 6) is 0.420. The number of ether oxygens (including phenoxy) is 1. The fourth-order valence-electron chi connectivity index (χ4n) is 5.42. The van der Waals surface area contributed by atoms with Crippen molar-refractivity contribution in [3.8, 4) is 0 Å². The van der Waals surface area contributed by atoms with Crippen LogP contribution >= 0.6 is 0 Å². The summed E-state index contributed by atoms with van der Waals surface area (Å²) in [5, 5.41) is 13.4. The minimum Gasteiger partial charge on any atom is -0.465 e. The highest BCUT2D eigenvalue weighted by atomic mass is 16.5. The molecule has 188 valence electrons. The average Bonchev–Trinajstić information content (AvgIpc) is 3.46. The van der Waals surface area contributed by atoms with Gasteiger partial charge in [0, 0.05) is 29.1 Å². The van der Waals surface area contributed by atoms with Gasteiger partial charge in [-0.1, -0.05) is 32.8 Å². The summed E-state index contributed by atoms with van der Waals surface area (Å²) in [7, 11) is 0. The first-order valence-electron chi connectivity index (χ1n) is 12.6. The molecule has 9 heteroatoms. The number of benzene rings is 1. The molecule has 0 unspecified atom stereocenters. The normalized spacial score (nSPS) is 15.4. The summed E-state index contributed by atoms with van der Waals surface area (Å²) in [6.45, 7) is 10.9. The molecule has 3 aromatic rings. The SMILES string of the molecule is CCOC(=O)Cn1nnnc1[C@@H](C(C)C)N(Cc1cc2c(C)cc(C)cc2[nH]c1=O)C1CCCC1. The molecule has 0 amide bonds. The second kappa shape index (κ2) is 10.7. The molecule has 0 aliphatic heterocycles. The number of hydrogen-bond donors (Lipinski definition) is 1. The number of aromatic nitrogens is 5. The minimum atomic E-state index is -0.368. The molecular formula is C26H36N6O3. The molecule has 1 N–H and O–H groups in total. The second-order valence-corrected chi connectivity index (χ2v) is 9.97. The number of aryl methyl sites for hydroxylation is 2. The van der Waals surface area contributed by atoms with E-state index in [0.29, 0.717) is 25.0 Å². The van der Waals surface area contributed by atoms with Crippen LogP contribution in [0.2, 0.25) is 0 Å².